The summed E-state index contributed by atoms with van der Waals surface area (Å²) in [5.41, 5.74) is 7.66. The van der Waals surface area contributed by atoms with Crippen LogP contribution in [0.4, 0.5) is 4.39 Å². The fourth-order valence-corrected chi connectivity index (χ4v) is 1.67. The van der Waals surface area contributed by atoms with Crippen molar-refractivity contribution in [1.82, 2.24) is 4.90 Å². The van der Waals surface area contributed by atoms with E-state index in [1.54, 1.807) is 6.92 Å². The van der Waals surface area contributed by atoms with Crippen molar-refractivity contribution in [3.8, 4) is 0 Å². The standard InChI is InChI=1S/C14H23FN2/c1-11-9-12(5-6-13(11)15)10-17(4)8-7-14(2,3)16/h5-6,9H,7-8,10,16H2,1-4H3. The molecule has 0 heterocycles. The molecule has 1 aromatic carbocycles. The molecular formula is C14H23FN2. The molecule has 0 aliphatic rings. The zero-order valence-corrected chi connectivity index (χ0v) is 11.3. The third-order valence-electron chi connectivity index (χ3n) is 2.81. The van der Waals surface area contributed by atoms with Crippen LogP contribution >= 0.6 is 0 Å². The summed E-state index contributed by atoms with van der Waals surface area (Å²) in [6.07, 6.45) is 0.948. The van der Waals surface area contributed by atoms with Crippen LogP contribution in [0.25, 0.3) is 0 Å². The summed E-state index contributed by atoms with van der Waals surface area (Å²) in [6, 6.07) is 5.28. The van der Waals surface area contributed by atoms with E-state index in [0.29, 0.717) is 5.56 Å². The zero-order chi connectivity index (χ0) is 13.1. The summed E-state index contributed by atoms with van der Waals surface area (Å²) in [4.78, 5) is 2.21. The van der Waals surface area contributed by atoms with E-state index < -0.39 is 0 Å². The molecule has 2 nitrogen and oxygen atoms in total. The molecule has 17 heavy (non-hydrogen) atoms. The first kappa shape index (κ1) is 14.1. The van der Waals surface area contributed by atoms with E-state index >= 15 is 0 Å². The van der Waals surface area contributed by atoms with E-state index in [-0.39, 0.29) is 11.4 Å². The molecule has 0 atom stereocenters. The molecule has 0 aromatic heterocycles. The maximum Gasteiger partial charge on any atom is 0.126 e. The van der Waals surface area contributed by atoms with E-state index in [1.807, 2.05) is 26.0 Å². The number of hydrogen-bond donors (Lipinski definition) is 1. The van der Waals surface area contributed by atoms with E-state index in [9.17, 15) is 4.39 Å². The van der Waals surface area contributed by atoms with Crippen molar-refractivity contribution < 1.29 is 4.39 Å². The van der Waals surface area contributed by atoms with Crippen LogP contribution in [-0.4, -0.2) is 24.0 Å². The second-order valence-corrected chi connectivity index (χ2v) is 5.56. The first-order valence-corrected chi connectivity index (χ1v) is 6.00. The number of aryl methyl sites for hydroxylation is 1. The molecule has 0 spiro atoms. The summed E-state index contributed by atoms with van der Waals surface area (Å²) < 4.78 is 13.1. The Hall–Kier alpha value is -0.930. The fraction of sp³-hybridized carbons (Fsp3) is 0.571. The molecular weight excluding hydrogens is 215 g/mol. The lowest BCUT2D eigenvalue weighted by Gasteiger charge is -2.23. The van der Waals surface area contributed by atoms with Gasteiger partial charge in [0.1, 0.15) is 5.82 Å². The molecule has 3 heteroatoms. The first-order chi connectivity index (χ1) is 7.78. The Balaban J connectivity index is 2.50. The molecule has 0 saturated heterocycles. The highest BCUT2D eigenvalue weighted by Gasteiger charge is 2.12. The number of halogens is 1. The molecule has 1 aromatic rings. The topological polar surface area (TPSA) is 29.3 Å². The Labute approximate surface area is 104 Å². The van der Waals surface area contributed by atoms with Gasteiger partial charge in [0, 0.05) is 12.1 Å². The molecule has 0 aliphatic heterocycles. The van der Waals surface area contributed by atoms with Crippen LogP contribution in [0, 0.1) is 12.7 Å². The number of nitrogens with two attached hydrogens (primary N) is 1. The largest absolute Gasteiger partial charge is 0.326 e. The highest BCUT2D eigenvalue weighted by Crippen LogP contribution is 2.12. The normalized spacial score (nSPS) is 12.2. The highest BCUT2D eigenvalue weighted by atomic mass is 19.1. The van der Waals surface area contributed by atoms with E-state index in [0.717, 1.165) is 25.1 Å². The van der Waals surface area contributed by atoms with Crippen LogP contribution < -0.4 is 5.73 Å². The van der Waals surface area contributed by atoms with E-state index in [4.69, 9.17) is 5.73 Å². The van der Waals surface area contributed by atoms with Gasteiger partial charge in [-0.3, -0.25) is 0 Å². The Morgan fingerprint density at radius 1 is 1.35 bits per heavy atom. The summed E-state index contributed by atoms with van der Waals surface area (Å²) in [7, 11) is 2.06. The molecule has 1 rings (SSSR count). The smallest absolute Gasteiger partial charge is 0.126 e. The van der Waals surface area contributed by atoms with Crippen LogP contribution in [0.1, 0.15) is 31.4 Å². The monoisotopic (exact) mass is 238 g/mol. The van der Waals surface area contributed by atoms with E-state index in [2.05, 4.69) is 11.9 Å². The van der Waals surface area contributed by atoms with Crippen molar-refractivity contribution in [2.45, 2.75) is 39.3 Å². The van der Waals surface area contributed by atoms with Gasteiger partial charge in [-0.2, -0.15) is 0 Å². The quantitative estimate of drug-likeness (QED) is 0.854. The predicted octanol–water partition coefficient (Wildman–Crippen LogP) is 2.69. The second kappa shape index (κ2) is 5.61. The summed E-state index contributed by atoms with van der Waals surface area (Å²) >= 11 is 0. The molecule has 0 bridgehead atoms. The lowest BCUT2D eigenvalue weighted by Crippen LogP contribution is -2.36. The minimum atomic E-state index is -0.139. The number of nitrogens with zero attached hydrogens (tertiary/aromatic N) is 1. The SMILES string of the molecule is Cc1cc(CN(C)CCC(C)(C)N)ccc1F. The third kappa shape index (κ3) is 5.29. The molecule has 0 unspecified atom stereocenters. The van der Waals surface area contributed by atoms with Crippen LogP contribution in [0.2, 0.25) is 0 Å². The van der Waals surface area contributed by atoms with Crippen molar-refractivity contribution in [1.29, 1.82) is 0 Å². The van der Waals surface area contributed by atoms with Crippen molar-refractivity contribution in [3.63, 3.8) is 0 Å². The van der Waals surface area contributed by atoms with Crippen molar-refractivity contribution in [2.24, 2.45) is 5.73 Å². The zero-order valence-electron chi connectivity index (χ0n) is 11.3. The molecule has 0 saturated carbocycles. The summed E-state index contributed by atoms with van der Waals surface area (Å²) in [5.74, 6) is -0.139. The molecule has 96 valence electrons. The summed E-state index contributed by atoms with van der Waals surface area (Å²) in [5, 5.41) is 0. The fourth-order valence-electron chi connectivity index (χ4n) is 1.67. The van der Waals surface area contributed by atoms with E-state index in [1.165, 1.54) is 6.07 Å². The average molecular weight is 238 g/mol. The van der Waals surface area contributed by atoms with Gasteiger partial charge in [-0.15, -0.1) is 0 Å². The number of hydrogen-bond acceptors (Lipinski definition) is 2. The lowest BCUT2D eigenvalue weighted by molar-refractivity contribution is 0.289. The minimum Gasteiger partial charge on any atom is -0.326 e. The molecule has 0 aliphatic carbocycles. The maximum atomic E-state index is 13.1. The Bertz CT molecular complexity index is 369. The Morgan fingerprint density at radius 3 is 2.53 bits per heavy atom. The van der Waals surface area contributed by atoms with Gasteiger partial charge in [0.05, 0.1) is 0 Å². The third-order valence-corrected chi connectivity index (χ3v) is 2.81. The predicted molar refractivity (Wildman–Crippen MR) is 70.4 cm³/mol. The van der Waals surface area contributed by atoms with Crippen LogP contribution in [0.15, 0.2) is 18.2 Å². The van der Waals surface area contributed by atoms with Gasteiger partial charge in [-0.1, -0.05) is 12.1 Å². The second-order valence-electron chi connectivity index (χ2n) is 5.56. The molecule has 2 N–H and O–H groups in total. The molecule has 0 amide bonds. The molecule has 0 radical (unpaired) electrons. The average Bonchev–Trinajstić information content (AvgIpc) is 2.20. The lowest BCUT2D eigenvalue weighted by atomic mass is 10.0. The van der Waals surface area contributed by atoms with Gasteiger partial charge in [0.15, 0.2) is 0 Å². The molecule has 0 fully saturated rings. The first-order valence-electron chi connectivity index (χ1n) is 6.00. The van der Waals surface area contributed by atoms with Gasteiger partial charge < -0.3 is 10.6 Å². The Kier molecular flexibility index (Phi) is 4.66. The highest BCUT2D eigenvalue weighted by molar-refractivity contribution is 5.23. The van der Waals surface area contributed by atoms with Gasteiger partial charge in [-0.05, 0) is 58.0 Å². The van der Waals surface area contributed by atoms with Gasteiger partial charge in [0.2, 0.25) is 0 Å². The van der Waals surface area contributed by atoms with Crippen LogP contribution in [-0.2, 0) is 6.54 Å². The van der Waals surface area contributed by atoms with Crippen molar-refractivity contribution in [3.05, 3.63) is 35.1 Å². The van der Waals surface area contributed by atoms with Crippen molar-refractivity contribution >= 4 is 0 Å². The van der Waals surface area contributed by atoms with Crippen LogP contribution in [0.3, 0.4) is 0 Å². The number of benzene rings is 1. The maximum absolute atomic E-state index is 13.1. The van der Waals surface area contributed by atoms with Gasteiger partial charge in [0.25, 0.3) is 0 Å². The number of rotatable bonds is 5. The summed E-state index contributed by atoms with van der Waals surface area (Å²) in [6.45, 7) is 7.63. The van der Waals surface area contributed by atoms with Crippen LogP contribution in [0.5, 0.6) is 0 Å². The minimum absolute atomic E-state index is 0.132. The Morgan fingerprint density at radius 2 is 2.00 bits per heavy atom. The van der Waals surface area contributed by atoms with Gasteiger partial charge >= 0.3 is 0 Å². The van der Waals surface area contributed by atoms with Crippen molar-refractivity contribution in [2.75, 3.05) is 13.6 Å². The van der Waals surface area contributed by atoms with Gasteiger partial charge in [-0.25, -0.2) is 4.39 Å².